The second-order valence-corrected chi connectivity index (χ2v) is 13.9. The molecule has 1 heterocycles. The number of carboxylic acid groups (broad SMARTS) is 1. The first-order valence-corrected chi connectivity index (χ1v) is 16.5. The molecule has 5 fully saturated rings. The number of fused-ring (bicyclic) bond motifs is 1. The molecule has 0 spiro atoms. The minimum Gasteiger partial charge on any atom is -0.480 e. The Morgan fingerprint density at radius 2 is 1.65 bits per heavy atom. The van der Waals surface area contributed by atoms with Crippen molar-refractivity contribution in [3.63, 3.8) is 0 Å². The van der Waals surface area contributed by atoms with Gasteiger partial charge in [-0.25, -0.2) is 4.79 Å². The molecule has 18 heteroatoms. The van der Waals surface area contributed by atoms with Crippen molar-refractivity contribution in [3.05, 3.63) is 64.7 Å². The fourth-order valence-corrected chi connectivity index (χ4v) is 7.45. The number of nitrogens with zero attached hydrogens (tertiary/aromatic N) is 3. The van der Waals surface area contributed by atoms with Gasteiger partial charge in [0.05, 0.1) is 5.54 Å². The van der Waals surface area contributed by atoms with Crippen LogP contribution in [-0.4, -0.2) is 75.2 Å². The summed E-state index contributed by atoms with van der Waals surface area (Å²) in [6.45, 7) is -0.0662. The predicted octanol–water partition coefficient (Wildman–Crippen LogP) is 3.38. The fourth-order valence-electron chi connectivity index (χ4n) is 7.33. The van der Waals surface area contributed by atoms with E-state index in [1.807, 2.05) is 12.1 Å². The summed E-state index contributed by atoms with van der Waals surface area (Å²) >= 11 is 6.01. The number of carbonyl (C=O) groups is 4. The second-order valence-electron chi connectivity index (χ2n) is 13.5. The number of ether oxygens (including phenoxy) is 1. The first-order valence-electron chi connectivity index (χ1n) is 16.1. The summed E-state index contributed by atoms with van der Waals surface area (Å²) in [4.78, 5) is 61.8. The molecule has 0 saturated heterocycles. The van der Waals surface area contributed by atoms with E-state index in [4.69, 9.17) is 16.3 Å². The number of halogens is 4. The third-order valence-electron chi connectivity index (χ3n) is 10.2. The summed E-state index contributed by atoms with van der Waals surface area (Å²) in [7, 11) is 0. The van der Waals surface area contributed by atoms with Crippen molar-refractivity contribution in [2.75, 3.05) is 23.8 Å². The summed E-state index contributed by atoms with van der Waals surface area (Å²) in [5.41, 5.74) is 0.764. The molecule has 0 aliphatic heterocycles. The average Bonchev–Trinajstić information content (AvgIpc) is 4.03. The zero-order valence-corrected chi connectivity index (χ0v) is 27.6. The van der Waals surface area contributed by atoms with E-state index in [9.17, 15) is 37.5 Å². The molecule has 5 saturated carbocycles. The molecule has 8 rings (SSSR count). The zero-order chi connectivity index (χ0) is 36.3. The van der Waals surface area contributed by atoms with Crippen LogP contribution in [0.5, 0.6) is 6.01 Å². The Hall–Kier alpha value is -5.19. The summed E-state index contributed by atoms with van der Waals surface area (Å²) in [6.07, 6.45) is -2.39. The van der Waals surface area contributed by atoms with Crippen LogP contribution in [0.2, 0.25) is 5.02 Å². The zero-order valence-electron chi connectivity index (χ0n) is 26.9. The lowest BCUT2D eigenvalue weighted by Crippen LogP contribution is -2.52. The number of aliphatic carboxylic acids is 1. The van der Waals surface area contributed by atoms with E-state index in [0.29, 0.717) is 41.3 Å². The maximum absolute atomic E-state index is 12.9. The number of nitrogens with one attached hydrogen (secondary N) is 5. The minimum atomic E-state index is -4.64. The molecule has 0 radical (unpaired) electrons. The van der Waals surface area contributed by atoms with Crippen molar-refractivity contribution in [1.29, 1.82) is 0 Å². The van der Waals surface area contributed by atoms with Gasteiger partial charge >= 0.3 is 30.0 Å². The van der Waals surface area contributed by atoms with Gasteiger partial charge in [0.1, 0.15) is 6.04 Å². The third-order valence-corrected chi connectivity index (χ3v) is 10.5. The molecular weight excluding hydrogens is 697 g/mol. The molecule has 3 amide bonds. The highest BCUT2D eigenvalue weighted by Gasteiger charge is 2.88. The third kappa shape index (κ3) is 7.07. The Bertz CT molecular complexity index is 1880. The SMILES string of the molecule is C[C@]12C3C1[C@H]3C[C@H]2NC(=O)C(=O)NC[C@H](NC(=O)c1ccc(Nc2nc(NC3(c4ccc(Cl)cc4)CC3)nc(OCC(F)(F)F)n2)cc1)C(=O)O. The molecular formula is C33H32ClF3N8O6. The maximum atomic E-state index is 12.9. The van der Waals surface area contributed by atoms with Crippen LogP contribution in [0, 0.1) is 23.2 Å². The minimum absolute atomic E-state index is 0.0391. The lowest BCUT2D eigenvalue weighted by atomic mass is 9.97. The number of benzene rings is 2. The standard InChI is InChI=1S/C33H32ClF3N8O6/c1-31-21(12-19-22(31)23(19)31)41-26(48)25(47)38-13-20(27(49)50)40-24(46)15-2-8-18(9-3-15)39-28-42-29(44-30(43-28)51-14-33(35,36)37)45-32(10-11-32)16-4-6-17(34)7-5-16/h2-9,19-23H,10-14H2,1H3,(H,38,47)(H,40,46)(H,41,48)(H,49,50)(H2,39,42,43,44,45)/t19-,20-,21+,22?,23?,31-/m0/s1. The van der Waals surface area contributed by atoms with Crippen LogP contribution in [-0.2, 0) is 19.9 Å². The topological polar surface area (TPSA) is 197 Å². The molecule has 6 N–H and O–H groups in total. The highest BCUT2D eigenvalue weighted by molar-refractivity contribution is 6.35. The number of hydrogen-bond donors (Lipinski definition) is 6. The molecule has 2 unspecified atom stereocenters. The molecule has 4 atom stereocenters. The molecule has 2 bridgehead atoms. The number of anilines is 3. The van der Waals surface area contributed by atoms with E-state index in [1.54, 1.807) is 12.1 Å². The van der Waals surface area contributed by atoms with Crippen LogP contribution in [0.3, 0.4) is 0 Å². The van der Waals surface area contributed by atoms with Crippen LogP contribution in [0.25, 0.3) is 0 Å². The monoisotopic (exact) mass is 728 g/mol. The number of alkyl halides is 3. The van der Waals surface area contributed by atoms with Gasteiger partial charge in [-0.1, -0.05) is 30.7 Å². The molecule has 14 nitrogen and oxygen atoms in total. The number of aromatic nitrogens is 3. The van der Waals surface area contributed by atoms with Crippen LogP contribution in [0.4, 0.5) is 30.8 Å². The number of carbonyl (C=O) groups excluding carboxylic acids is 3. The van der Waals surface area contributed by atoms with E-state index in [1.165, 1.54) is 24.3 Å². The Kier molecular flexibility index (Phi) is 8.43. The highest BCUT2D eigenvalue weighted by Crippen LogP contribution is 2.89. The Morgan fingerprint density at radius 3 is 2.24 bits per heavy atom. The summed E-state index contributed by atoms with van der Waals surface area (Å²) < 4.78 is 43.6. The number of hydrogen-bond acceptors (Lipinski definition) is 10. The number of carboxylic acids is 1. The van der Waals surface area contributed by atoms with Gasteiger partial charge in [-0.15, -0.1) is 0 Å². The van der Waals surface area contributed by atoms with Gasteiger partial charge in [0, 0.05) is 28.9 Å². The lowest BCUT2D eigenvalue weighted by Gasteiger charge is -2.20. The molecule has 3 aromatic rings. The molecule has 5 aliphatic rings. The second kappa shape index (κ2) is 12.5. The van der Waals surface area contributed by atoms with E-state index in [-0.39, 0.29) is 28.9 Å². The first kappa shape index (κ1) is 34.3. The van der Waals surface area contributed by atoms with Crippen LogP contribution in [0.15, 0.2) is 48.5 Å². The van der Waals surface area contributed by atoms with Crippen LogP contribution >= 0.6 is 11.6 Å². The van der Waals surface area contributed by atoms with Crippen molar-refractivity contribution in [2.45, 2.75) is 50.0 Å². The molecule has 5 aliphatic carbocycles. The van der Waals surface area contributed by atoms with E-state index in [2.05, 4.69) is 48.5 Å². The Balaban J connectivity index is 0.968. The molecule has 1 aromatic heterocycles. The summed E-state index contributed by atoms with van der Waals surface area (Å²) in [5, 5.41) is 23.5. The van der Waals surface area contributed by atoms with Crippen molar-refractivity contribution < 1.29 is 42.2 Å². The number of amides is 3. The van der Waals surface area contributed by atoms with E-state index < -0.39 is 60.6 Å². The molecule has 2 aromatic carbocycles. The van der Waals surface area contributed by atoms with Crippen LogP contribution in [0.1, 0.15) is 42.1 Å². The largest absolute Gasteiger partial charge is 0.480 e. The van der Waals surface area contributed by atoms with Gasteiger partial charge in [-0.2, -0.15) is 28.1 Å². The van der Waals surface area contributed by atoms with Gasteiger partial charge in [0.15, 0.2) is 6.61 Å². The molecule has 268 valence electrons. The van der Waals surface area contributed by atoms with Crippen molar-refractivity contribution in [1.82, 2.24) is 30.9 Å². The summed E-state index contributed by atoms with van der Waals surface area (Å²) in [5.74, 6) is -2.36. The van der Waals surface area contributed by atoms with Crippen molar-refractivity contribution in [3.8, 4) is 6.01 Å². The highest BCUT2D eigenvalue weighted by atomic mass is 35.5. The Morgan fingerprint density at radius 1 is 0.980 bits per heavy atom. The van der Waals surface area contributed by atoms with Gasteiger partial charge in [-0.3, -0.25) is 14.4 Å². The normalized spacial score (nSPS) is 25.0. The van der Waals surface area contributed by atoms with Gasteiger partial charge in [0.2, 0.25) is 11.9 Å². The maximum Gasteiger partial charge on any atom is 0.422 e. The van der Waals surface area contributed by atoms with E-state index >= 15 is 0 Å². The summed E-state index contributed by atoms with van der Waals surface area (Å²) in [6, 6.07) is 10.5. The van der Waals surface area contributed by atoms with Gasteiger partial charge in [-0.05, 0) is 84.4 Å². The first-order chi connectivity index (χ1) is 24.1. The van der Waals surface area contributed by atoms with Crippen LogP contribution < -0.4 is 31.3 Å². The van der Waals surface area contributed by atoms with Gasteiger partial charge < -0.3 is 36.4 Å². The van der Waals surface area contributed by atoms with E-state index in [0.717, 1.165) is 12.0 Å². The average molecular weight is 729 g/mol. The van der Waals surface area contributed by atoms with Crippen molar-refractivity contribution >= 4 is 52.9 Å². The smallest absolute Gasteiger partial charge is 0.422 e. The quantitative estimate of drug-likeness (QED) is 0.141. The van der Waals surface area contributed by atoms with Gasteiger partial charge in [0.25, 0.3) is 5.91 Å². The Labute approximate surface area is 293 Å². The predicted molar refractivity (Wildman–Crippen MR) is 174 cm³/mol. The molecule has 51 heavy (non-hydrogen) atoms. The van der Waals surface area contributed by atoms with Crippen molar-refractivity contribution in [2.24, 2.45) is 23.2 Å². The fraction of sp³-hybridized carbons (Fsp3) is 0.424. The lowest BCUT2D eigenvalue weighted by molar-refractivity contribution is -0.154. The number of rotatable bonds is 13.